The predicted molar refractivity (Wildman–Crippen MR) is 81.2 cm³/mol. The van der Waals surface area contributed by atoms with E-state index in [1.807, 2.05) is 0 Å². The summed E-state index contributed by atoms with van der Waals surface area (Å²) in [6, 6.07) is 0. The fourth-order valence-corrected chi connectivity index (χ4v) is 6.07. The summed E-state index contributed by atoms with van der Waals surface area (Å²) in [5.41, 5.74) is 2.01. The van der Waals surface area contributed by atoms with Gasteiger partial charge in [0.2, 0.25) is 0 Å². The molecule has 4 rings (SSSR count). The van der Waals surface area contributed by atoms with Crippen molar-refractivity contribution in [1.82, 2.24) is 0 Å². The van der Waals surface area contributed by atoms with Crippen LogP contribution in [0.25, 0.3) is 0 Å². The molecular formula is C19H26O. The smallest absolute Gasteiger partial charge is 0.139 e. The Bertz CT molecular complexity index is 514. The molecule has 5 atom stereocenters. The Balaban J connectivity index is 1.74. The van der Waals surface area contributed by atoms with Gasteiger partial charge in [-0.2, -0.15) is 0 Å². The molecule has 20 heavy (non-hydrogen) atoms. The third kappa shape index (κ3) is 1.47. The summed E-state index contributed by atoms with van der Waals surface area (Å²) < 4.78 is 0. The van der Waals surface area contributed by atoms with Gasteiger partial charge in [0, 0.05) is 11.8 Å². The molecule has 2 fully saturated rings. The normalized spacial score (nSPS) is 50.2. The van der Waals surface area contributed by atoms with Crippen LogP contribution in [0.1, 0.15) is 58.8 Å². The fraction of sp³-hybridized carbons (Fsp3) is 0.737. The first-order chi connectivity index (χ1) is 9.56. The van der Waals surface area contributed by atoms with Crippen molar-refractivity contribution in [3.05, 3.63) is 23.8 Å². The summed E-state index contributed by atoms with van der Waals surface area (Å²) in [7, 11) is 0. The lowest BCUT2D eigenvalue weighted by Gasteiger charge is -2.55. The number of hydrogen-bond acceptors (Lipinski definition) is 1. The summed E-state index contributed by atoms with van der Waals surface area (Å²) >= 11 is 0. The summed E-state index contributed by atoms with van der Waals surface area (Å²) in [5.74, 6) is 2.80. The first-order valence-electron chi connectivity index (χ1n) is 8.46. The zero-order valence-electron chi connectivity index (χ0n) is 12.8. The molecule has 1 heteroatoms. The van der Waals surface area contributed by atoms with Crippen molar-refractivity contribution in [1.29, 1.82) is 0 Å². The molecule has 0 aliphatic heterocycles. The number of carbonyl (C=O) groups excluding carboxylic acids is 1. The van der Waals surface area contributed by atoms with E-state index in [0.29, 0.717) is 17.1 Å². The molecule has 0 heterocycles. The molecule has 0 aromatic rings. The van der Waals surface area contributed by atoms with Gasteiger partial charge in [-0.1, -0.05) is 32.1 Å². The van der Waals surface area contributed by atoms with E-state index in [1.165, 1.54) is 25.7 Å². The highest BCUT2D eigenvalue weighted by molar-refractivity contribution is 5.87. The van der Waals surface area contributed by atoms with Crippen LogP contribution < -0.4 is 0 Å². The molecule has 108 valence electrons. The van der Waals surface area contributed by atoms with Gasteiger partial charge in [0.15, 0.2) is 0 Å². The molecule has 0 saturated heterocycles. The molecule has 0 aromatic heterocycles. The van der Waals surface area contributed by atoms with Crippen molar-refractivity contribution < 1.29 is 4.79 Å². The standard InChI is InChI=1S/C19H26O/c1-18-11-4-3-5-13(18)6-7-14-15-8-9-17(20)19(15,2)12-10-16(14)18/h3,5-6,14-16H,4,7-12H2,1-2H3/t14?,15-,16-,18-,19-/m0/s1. The zero-order valence-corrected chi connectivity index (χ0v) is 12.8. The van der Waals surface area contributed by atoms with Gasteiger partial charge in [0.05, 0.1) is 0 Å². The summed E-state index contributed by atoms with van der Waals surface area (Å²) in [6.45, 7) is 4.77. The number of fused-ring (bicyclic) bond motifs is 5. The van der Waals surface area contributed by atoms with Crippen molar-refractivity contribution in [3.8, 4) is 0 Å². The van der Waals surface area contributed by atoms with Crippen molar-refractivity contribution in [2.24, 2.45) is 28.6 Å². The molecule has 0 spiro atoms. The van der Waals surface area contributed by atoms with Crippen molar-refractivity contribution in [2.75, 3.05) is 0 Å². The van der Waals surface area contributed by atoms with Gasteiger partial charge in [0.1, 0.15) is 5.78 Å². The van der Waals surface area contributed by atoms with Crippen LogP contribution in [0.2, 0.25) is 0 Å². The van der Waals surface area contributed by atoms with Crippen LogP contribution in [0.5, 0.6) is 0 Å². The van der Waals surface area contributed by atoms with E-state index < -0.39 is 0 Å². The van der Waals surface area contributed by atoms with Crippen LogP contribution in [0.15, 0.2) is 23.8 Å². The first-order valence-corrected chi connectivity index (χ1v) is 8.46. The minimum atomic E-state index is 0.0212. The van der Waals surface area contributed by atoms with Gasteiger partial charge in [-0.15, -0.1) is 0 Å². The zero-order chi connectivity index (χ0) is 14.0. The maximum Gasteiger partial charge on any atom is 0.139 e. The molecule has 0 radical (unpaired) electrons. The maximum absolute atomic E-state index is 12.3. The second-order valence-corrected chi connectivity index (χ2v) is 8.05. The number of ketones is 1. The molecular weight excluding hydrogens is 244 g/mol. The summed E-state index contributed by atoms with van der Waals surface area (Å²) in [5, 5.41) is 0. The summed E-state index contributed by atoms with van der Waals surface area (Å²) in [6.07, 6.45) is 15.4. The van der Waals surface area contributed by atoms with Crippen molar-refractivity contribution >= 4 is 5.78 Å². The second-order valence-electron chi connectivity index (χ2n) is 8.05. The van der Waals surface area contributed by atoms with Crippen molar-refractivity contribution in [2.45, 2.75) is 58.8 Å². The Kier molecular flexibility index (Phi) is 2.63. The minimum Gasteiger partial charge on any atom is -0.299 e. The molecule has 4 aliphatic rings. The summed E-state index contributed by atoms with van der Waals surface area (Å²) in [4.78, 5) is 12.3. The van der Waals surface area contributed by atoms with Gasteiger partial charge < -0.3 is 0 Å². The molecule has 1 nitrogen and oxygen atoms in total. The van der Waals surface area contributed by atoms with Crippen LogP contribution in [0.3, 0.4) is 0 Å². The van der Waals surface area contributed by atoms with Crippen LogP contribution in [0, 0.1) is 28.6 Å². The van der Waals surface area contributed by atoms with Crippen molar-refractivity contribution in [3.63, 3.8) is 0 Å². The molecule has 4 aliphatic carbocycles. The van der Waals surface area contributed by atoms with E-state index in [9.17, 15) is 4.79 Å². The third-order valence-corrected chi connectivity index (χ3v) is 7.36. The number of hydrogen-bond donors (Lipinski definition) is 0. The molecule has 2 saturated carbocycles. The third-order valence-electron chi connectivity index (χ3n) is 7.36. The Morgan fingerprint density at radius 2 is 1.90 bits per heavy atom. The number of carbonyl (C=O) groups is 1. The Morgan fingerprint density at radius 1 is 1.10 bits per heavy atom. The van der Waals surface area contributed by atoms with Gasteiger partial charge in [-0.25, -0.2) is 0 Å². The lowest BCUT2D eigenvalue weighted by molar-refractivity contribution is -0.131. The predicted octanol–water partition coefficient (Wildman–Crippen LogP) is 4.68. The maximum atomic E-state index is 12.3. The first kappa shape index (κ1) is 12.9. The Labute approximate surface area is 122 Å². The highest BCUT2D eigenvalue weighted by atomic mass is 16.1. The SMILES string of the molecule is C[C@]12CCC=CC1=CCC1[C@@H]2CC[C@]2(C)C(=O)CC[C@@H]12. The number of rotatable bonds is 0. The molecule has 0 bridgehead atoms. The minimum absolute atomic E-state index is 0.0212. The van der Waals surface area contributed by atoms with E-state index >= 15 is 0 Å². The van der Waals surface area contributed by atoms with E-state index in [-0.39, 0.29) is 5.41 Å². The average Bonchev–Trinajstić information content (AvgIpc) is 2.74. The largest absolute Gasteiger partial charge is 0.299 e. The molecule has 0 aromatic carbocycles. The van der Waals surface area contributed by atoms with E-state index in [2.05, 4.69) is 32.1 Å². The average molecular weight is 270 g/mol. The van der Waals surface area contributed by atoms with E-state index in [1.54, 1.807) is 5.57 Å². The number of Topliss-reactive ketones (excluding diaryl/α,β-unsaturated/α-hetero) is 1. The Morgan fingerprint density at radius 3 is 2.75 bits per heavy atom. The van der Waals surface area contributed by atoms with Crippen LogP contribution in [-0.4, -0.2) is 5.78 Å². The van der Waals surface area contributed by atoms with Gasteiger partial charge in [-0.3, -0.25) is 4.79 Å². The molecule has 0 N–H and O–H groups in total. The lowest BCUT2D eigenvalue weighted by Crippen LogP contribution is -2.49. The van der Waals surface area contributed by atoms with Crippen LogP contribution >= 0.6 is 0 Å². The van der Waals surface area contributed by atoms with Crippen LogP contribution in [-0.2, 0) is 4.79 Å². The monoisotopic (exact) mass is 270 g/mol. The van der Waals surface area contributed by atoms with Gasteiger partial charge in [0.25, 0.3) is 0 Å². The lowest BCUT2D eigenvalue weighted by atomic mass is 9.49. The van der Waals surface area contributed by atoms with Gasteiger partial charge >= 0.3 is 0 Å². The topological polar surface area (TPSA) is 17.1 Å². The van der Waals surface area contributed by atoms with Gasteiger partial charge in [-0.05, 0) is 67.3 Å². The van der Waals surface area contributed by atoms with E-state index in [0.717, 1.165) is 31.1 Å². The highest BCUT2D eigenvalue weighted by Gasteiger charge is 2.57. The quantitative estimate of drug-likeness (QED) is 0.624. The molecule has 0 amide bonds. The Hall–Kier alpha value is -0.850. The second kappa shape index (κ2) is 4.08. The van der Waals surface area contributed by atoms with E-state index in [4.69, 9.17) is 0 Å². The number of allylic oxidation sites excluding steroid dienone is 4. The highest BCUT2D eigenvalue weighted by Crippen LogP contribution is 2.63. The fourth-order valence-electron chi connectivity index (χ4n) is 6.07. The van der Waals surface area contributed by atoms with Crippen LogP contribution in [0.4, 0.5) is 0 Å². The molecule has 1 unspecified atom stereocenters.